The van der Waals surface area contributed by atoms with Gasteiger partial charge in [-0.1, -0.05) is 83.6 Å². The number of nitrogens with two attached hydrogens (primary N) is 1. The topological polar surface area (TPSA) is 38.0 Å². The molecule has 0 fully saturated rings. The molecule has 0 aliphatic carbocycles. The van der Waals surface area contributed by atoms with Gasteiger partial charge in [-0.25, -0.2) is 0 Å². The Kier molecular flexibility index (Phi) is 9.36. The molecule has 0 amide bonds. The zero-order valence-electron chi connectivity index (χ0n) is 14.2. The third kappa shape index (κ3) is 7.63. The van der Waals surface area contributed by atoms with Gasteiger partial charge in [-0.2, -0.15) is 0 Å². The van der Waals surface area contributed by atoms with Crippen LogP contribution in [-0.2, 0) is 6.42 Å². The van der Waals surface area contributed by atoms with E-state index in [1.165, 1.54) is 49.7 Å². The zero-order chi connectivity index (χ0) is 15.5. The van der Waals surface area contributed by atoms with Crippen molar-refractivity contribution in [2.24, 2.45) is 11.8 Å². The van der Waals surface area contributed by atoms with Gasteiger partial charge in [0.1, 0.15) is 0 Å². The van der Waals surface area contributed by atoms with Crippen molar-refractivity contribution >= 4 is 0 Å². The van der Waals surface area contributed by atoms with Crippen molar-refractivity contribution in [3.05, 3.63) is 35.4 Å². The fourth-order valence-electron chi connectivity index (χ4n) is 2.88. The number of hydrogen-bond donors (Lipinski definition) is 2. The number of unbranched alkanes of at least 4 members (excludes halogenated alkanes) is 5. The van der Waals surface area contributed by atoms with E-state index < -0.39 is 0 Å². The number of nitrogens with one attached hydrogen (secondary N) is 1. The predicted molar refractivity (Wildman–Crippen MR) is 93.0 cm³/mol. The van der Waals surface area contributed by atoms with Crippen molar-refractivity contribution in [3.63, 3.8) is 0 Å². The number of hydrogen-bond acceptors (Lipinski definition) is 2. The summed E-state index contributed by atoms with van der Waals surface area (Å²) in [6.07, 6.45) is 10.3. The summed E-state index contributed by atoms with van der Waals surface area (Å²) in [7, 11) is 0. The van der Waals surface area contributed by atoms with Crippen molar-refractivity contribution in [1.29, 1.82) is 0 Å². The maximum Gasteiger partial charge on any atom is 0.0460 e. The van der Waals surface area contributed by atoms with Crippen molar-refractivity contribution in [1.82, 2.24) is 5.43 Å². The van der Waals surface area contributed by atoms with E-state index in [9.17, 15) is 0 Å². The fourth-order valence-corrected chi connectivity index (χ4v) is 2.88. The maximum atomic E-state index is 5.77. The molecule has 2 heteroatoms. The normalized spacial score (nSPS) is 12.8. The summed E-state index contributed by atoms with van der Waals surface area (Å²) in [6.45, 7) is 6.79. The van der Waals surface area contributed by atoms with Crippen molar-refractivity contribution in [2.75, 3.05) is 0 Å². The van der Waals surface area contributed by atoms with E-state index in [4.69, 9.17) is 5.84 Å². The lowest BCUT2D eigenvalue weighted by molar-refractivity contribution is 0.476. The van der Waals surface area contributed by atoms with E-state index in [0.29, 0.717) is 12.0 Å². The molecule has 21 heavy (non-hydrogen) atoms. The van der Waals surface area contributed by atoms with Gasteiger partial charge >= 0.3 is 0 Å². The van der Waals surface area contributed by atoms with Crippen LogP contribution < -0.4 is 11.3 Å². The highest BCUT2D eigenvalue weighted by Gasteiger charge is 2.10. The van der Waals surface area contributed by atoms with Crippen LogP contribution in [0.5, 0.6) is 0 Å². The molecule has 120 valence electrons. The summed E-state index contributed by atoms with van der Waals surface area (Å²) in [5, 5.41) is 0. The molecule has 0 aliphatic rings. The Balaban J connectivity index is 2.44. The lowest BCUT2D eigenvalue weighted by Gasteiger charge is -2.17. The average molecular weight is 290 g/mol. The summed E-state index contributed by atoms with van der Waals surface area (Å²) in [6, 6.07) is 9.20. The summed E-state index contributed by atoms with van der Waals surface area (Å²) in [5.74, 6) is 6.47. The molecule has 0 aliphatic heterocycles. The van der Waals surface area contributed by atoms with Crippen LogP contribution in [0, 0.1) is 5.92 Å². The van der Waals surface area contributed by atoms with Crippen molar-refractivity contribution in [3.8, 4) is 0 Å². The zero-order valence-corrected chi connectivity index (χ0v) is 14.2. The van der Waals surface area contributed by atoms with Gasteiger partial charge < -0.3 is 0 Å². The van der Waals surface area contributed by atoms with Crippen LogP contribution in [0.1, 0.15) is 82.9 Å². The third-order valence-corrected chi connectivity index (χ3v) is 4.04. The first-order valence-corrected chi connectivity index (χ1v) is 8.72. The minimum Gasteiger partial charge on any atom is -0.271 e. The van der Waals surface area contributed by atoms with E-state index in [1.54, 1.807) is 0 Å². The van der Waals surface area contributed by atoms with E-state index in [0.717, 1.165) is 12.8 Å². The highest BCUT2D eigenvalue weighted by molar-refractivity contribution is 5.26. The van der Waals surface area contributed by atoms with Gasteiger partial charge in [0.05, 0.1) is 0 Å². The molecule has 0 heterocycles. The molecular weight excluding hydrogens is 256 g/mol. The van der Waals surface area contributed by atoms with Crippen LogP contribution in [-0.4, -0.2) is 0 Å². The van der Waals surface area contributed by atoms with Crippen LogP contribution in [0.2, 0.25) is 0 Å². The highest BCUT2D eigenvalue weighted by atomic mass is 15.2. The van der Waals surface area contributed by atoms with Gasteiger partial charge in [-0.3, -0.25) is 11.3 Å². The second-order valence-electron chi connectivity index (χ2n) is 6.62. The van der Waals surface area contributed by atoms with E-state index in [2.05, 4.69) is 50.5 Å². The summed E-state index contributed by atoms with van der Waals surface area (Å²) in [5.41, 5.74) is 5.76. The summed E-state index contributed by atoms with van der Waals surface area (Å²) >= 11 is 0. The first-order chi connectivity index (χ1) is 10.2. The molecule has 1 rings (SSSR count). The second-order valence-corrected chi connectivity index (χ2v) is 6.62. The Bertz CT molecular complexity index is 374. The highest BCUT2D eigenvalue weighted by Crippen LogP contribution is 2.21. The average Bonchev–Trinajstić information content (AvgIpc) is 2.46. The molecule has 0 saturated carbocycles. The molecule has 1 atom stereocenters. The minimum atomic E-state index is 0.295. The van der Waals surface area contributed by atoms with Crippen LogP contribution in [0.25, 0.3) is 0 Å². The van der Waals surface area contributed by atoms with Crippen molar-refractivity contribution in [2.45, 2.75) is 78.2 Å². The lowest BCUT2D eigenvalue weighted by Crippen LogP contribution is -2.28. The Morgan fingerprint density at radius 2 is 1.76 bits per heavy atom. The number of hydrazine groups is 1. The number of rotatable bonds is 11. The summed E-state index contributed by atoms with van der Waals surface area (Å²) in [4.78, 5) is 0. The molecule has 1 unspecified atom stereocenters. The van der Waals surface area contributed by atoms with Crippen LogP contribution in [0.15, 0.2) is 24.3 Å². The smallest absolute Gasteiger partial charge is 0.0460 e. The monoisotopic (exact) mass is 290 g/mol. The summed E-state index contributed by atoms with van der Waals surface area (Å²) < 4.78 is 0. The fraction of sp³-hybridized carbons (Fsp3) is 0.684. The van der Waals surface area contributed by atoms with Gasteiger partial charge in [0.15, 0.2) is 0 Å². The molecular formula is C19H34N2. The number of benzene rings is 1. The maximum absolute atomic E-state index is 5.77. The molecule has 0 saturated heterocycles. The predicted octanol–water partition coefficient (Wildman–Crippen LogP) is 5.14. The quantitative estimate of drug-likeness (QED) is 0.336. The Hall–Kier alpha value is -0.860. The van der Waals surface area contributed by atoms with Crippen LogP contribution in [0.4, 0.5) is 0 Å². The van der Waals surface area contributed by atoms with Gasteiger partial charge in [0, 0.05) is 6.04 Å². The Morgan fingerprint density at radius 3 is 2.43 bits per heavy atom. The van der Waals surface area contributed by atoms with Gasteiger partial charge in [-0.05, 0) is 29.9 Å². The second kappa shape index (κ2) is 10.8. The molecule has 0 aromatic heterocycles. The molecule has 1 aromatic carbocycles. The molecule has 1 aromatic rings. The minimum absolute atomic E-state index is 0.295. The SMILES string of the molecule is CCCCCCCCC(NN)c1cccc(CC(C)C)c1. The largest absolute Gasteiger partial charge is 0.271 e. The Morgan fingerprint density at radius 1 is 1.05 bits per heavy atom. The van der Waals surface area contributed by atoms with E-state index >= 15 is 0 Å². The Labute approximate surface area is 131 Å². The first-order valence-electron chi connectivity index (χ1n) is 8.72. The third-order valence-electron chi connectivity index (χ3n) is 4.04. The van der Waals surface area contributed by atoms with Gasteiger partial charge in [0.2, 0.25) is 0 Å². The lowest BCUT2D eigenvalue weighted by atomic mass is 9.95. The van der Waals surface area contributed by atoms with Gasteiger partial charge in [0.25, 0.3) is 0 Å². The van der Waals surface area contributed by atoms with Crippen LogP contribution in [0.3, 0.4) is 0 Å². The standard InChI is InChI=1S/C19H34N2/c1-4-5-6-7-8-9-13-19(21-20)18-12-10-11-17(15-18)14-16(2)3/h10-12,15-16,19,21H,4-9,13-14,20H2,1-3H3. The molecule has 0 bridgehead atoms. The van der Waals surface area contributed by atoms with Crippen molar-refractivity contribution < 1.29 is 0 Å². The molecule has 3 N–H and O–H groups in total. The molecule has 0 spiro atoms. The molecule has 2 nitrogen and oxygen atoms in total. The van der Waals surface area contributed by atoms with E-state index in [-0.39, 0.29) is 0 Å². The first kappa shape index (κ1) is 18.2. The molecule has 0 radical (unpaired) electrons. The van der Waals surface area contributed by atoms with E-state index in [1.807, 2.05) is 0 Å². The van der Waals surface area contributed by atoms with Crippen LogP contribution >= 0.6 is 0 Å². The van der Waals surface area contributed by atoms with Gasteiger partial charge in [-0.15, -0.1) is 0 Å².